The van der Waals surface area contributed by atoms with Crippen molar-refractivity contribution in [2.45, 2.75) is 25.3 Å². The number of hydrogen-bond acceptors (Lipinski definition) is 2. The molecule has 1 aliphatic rings. The second kappa shape index (κ2) is 2.89. The van der Waals surface area contributed by atoms with Gasteiger partial charge in [-0.3, -0.25) is 0 Å². The van der Waals surface area contributed by atoms with Crippen molar-refractivity contribution < 1.29 is 0 Å². The lowest BCUT2D eigenvalue weighted by atomic mass is 10.2. The first-order valence-electron chi connectivity index (χ1n) is 4.08. The van der Waals surface area contributed by atoms with Crippen LogP contribution in [-0.2, 0) is 0 Å². The fourth-order valence-corrected chi connectivity index (χ4v) is 1.52. The first-order chi connectivity index (χ1) is 4.68. The maximum atomic E-state index is 3.52. The van der Waals surface area contributed by atoms with Crippen LogP contribution in [0.1, 0.15) is 19.8 Å². The smallest absolute Gasteiger partial charge is 0.0309 e. The van der Waals surface area contributed by atoms with Gasteiger partial charge in [-0.1, -0.05) is 6.92 Å². The molecule has 10 heavy (non-hydrogen) atoms. The Labute approximate surface area is 63.6 Å². The highest BCUT2D eigenvalue weighted by Gasteiger charge is 2.41. The lowest BCUT2D eigenvalue weighted by molar-refractivity contribution is 0.328. The molecule has 0 bridgehead atoms. The zero-order valence-corrected chi connectivity index (χ0v) is 7.28. The summed E-state index contributed by atoms with van der Waals surface area (Å²) in [4.78, 5) is 2.26. The van der Waals surface area contributed by atoms with Crippen molar-refractivity contribution in [2.75, 3.05) is 27.2 Å². The van der Waals surface area contributed by atoms with Gasteiger partial charge in [0.05, 0.1) is 0 Å². The van der Waals surface area contributed by atoms with Gasteiger partial charge in [0.25, 0.3) is 0 Å². The summed E-state index contributed by atoms with van der Waals surface area (Å²) in [5.74, 6) is 0. The second-order valence-electron chi connectivity index (χ2n) is 3.55. The molecule has 1 rings (SSSR count). The Morgan fingerprint density at radius 1 is 1.40 bits per heavy atom. The summed E-state index contributed by atoms with van der Waals surface area (Å²) in [6.45, 7) is 4.48. The lowest BCUT2D eigenvalue weighted by Crippen LogP contribution is -2.40. The minimum absolute atomic E-state index is 0.498. The minimum Gasteiger partial charge on any atom is -0.310 e. The van der Waals surface area contributed by atoms with Crippen LogP contribution in [0.3, 0.4) is 0 Å². The third-order valence-corrected chi connectivity index (χ3v) is 2.02. The summed E-state index contributed by atoms with van der Waals surface area (Å²) in [6.07, 6.45) is 2.72. The molecular formula is C8H18N2. The largest absolute Gasteiger partial charge is 0.310 e. The maximum absolute atomic E-state index is 3.52. The average Bonchev–Trinajstić information content (AvgIpc) is 2.47. The first-order valence-corrected chi connectivity index (χ1v) is 4.08. The second-order valence-corrected chi connectivity index (χ2v) is 3.55. The molecular weight excluding hydrogens is 124 g/mol. The number of likely N-dealkylation sites (N-methyl/N-ethyl adjacent to an activating group) is 2. The molecule has 0 heterocycles. The molecule has 60 valence electrons. The fraction of sp³-hybridized carbons (Fsp3) is 1.00. The molecule has 0 saturated heterocycles. The van der Waals surface area contributed by atoms with Crippen LogP contribution in [0.4, 0.5) is 0 Å². The monoisotopic (exact) mass is 142 g/mol. The van der Waals surface area contributed by atoms with Crippen LogP contribution >= 0.6 is 0 Å². The van der Waals surface area contributed by atoms with Crippen LogP contribution in [-0.4, -0.2) is 37.6 Å². The Morgan fingerprint density at radius 2 is 2.00 bits per heavy atom. The van der Waals surface area contributed by atoms with Crippen molar-refractivity contribution >= 4 is 0 Å². The third kappa shape index (κ3) is 1.96. The van der Waals surface area contributed by atoms with E-state index >= 15 is 0 Å². The summed E-state index contributed by atoms with van der Waals surface area (Å²) in [5.41, 5.74) is 0.498. The summed E-state index contributed by atoms with van der Waals surface area (Å²) >= 11 is 0. The minimum atomic E-state index is 0.498. The van der Waals surface area contributed by atoms with E-state index in [-0.39, 0.29) is 0 Å². The molecule has 1 fully saturated rings. The Kier molecular flexibility index (Phi) is 2.32. The molecule has 0 aromatic heterocycles. The van der Waals surface area contributed by atoms with E-state index in [1.807, 2.05) is 0 Å². The van der Waals surface area contributed by atoms with Gasteiger partial charge in [-0.25, -0.2) is 0 Å². The summed E-state index contributed by atoms with van der Waals surface area (Å²) in [6, 6.07) is 0. The van der Waals surface area contributed by atoms with Gasteiger partial charge in [-0.05, 0) is 33.5 Å². The van der Waals surface area contributed by atoms with Crippen molar-refractivity contribution in [1.82, 2.24) is 10.2 Å². The van der Waals surface area contributed by atoms with Crippen LogP contribution in [0.15, 0.2) is 0 Å². The van der Waals surface area contributed by atoms with E-state index in [2.05, 4.69) is 31.2 Å². The predicted molar refractivity (Wildman–Crippen MR) is 44.2 cm³/mol. The number of rotatable bonds is 4. The third-order valence-electron chi connectivity index (χ3n) is 2.02. The highest BCUT2D eigenvalue weighted by atomic mass is 15.1. The van der Waals surface area contributed by atoms with Gasteiger partial charge in [0.2, 0.25) is 0 Å². The van der Waals surface area contributed by atoms with Gasteiger partial charge in [0.15, 0.2) is 0 Å². The molecule has 0 atom stereocenters. The van der Waals surface area contributed by atoms with Gasteiger partial charge in [-0.15, -0.1) is 0 Å². The van der Waals surface area contributed by atoms with Crippen molar-refractivity contribution in [3.63, 3.8) is 0 Å². The highest BCUT2D eigenvalue weighted by molar-refractivity contribution is 5.03. The van der Waals surface area contributed by atoms with E-state index in [0.717, 1.165) is 6.54 Å². The molecule has 0 aromatic carbocycles. The molecule has 0 aromatic rings. The Balaban J connectivity index is 2.23. The fourth-order valence-electron chi connectivity index (χ4n) is 1.52. The van der Waals surface area contributed by atoms with Crippen molar-refractivity contribution in [1.29, 1.82) is 0 Å². The van der Waals surface area contributed by atoms with Crippen LogP contribution in [0.25, 0.3) is 0 Å². The number of hydrogen-bond donors (Lipinski definition) is 1. The van der Waals surface area contributed by atoms with Crippen molar-refractivity contribution in [3.05, 3.63) is 0 Å². The van der Waals surface area contributed by atoms with Gasteiger partial charge in [-0.2, -0.15) is 0 Å². The molecule has 2 nitrogen and oxygen atoms in total. The van der Waals surface area contributed by atoms with Crippen LogP contribution in [0.5, 0.6) is 0 Å². The van der Waals surface area contributed by atoms with Crippen LogP contribution in [0, 0.1) is 0 Å². The molecule has 0 radical (unpaired) electrons. The van der Waals surface area contributed by atoms with Gasteiger partial charge in [0.1, 0.15) is 0 Å². The number of nitrogens with zero attached hydrogens (tertiary/aromatic N) is 1. The van der Waals surface area contributed by atoms with E-state index in [9.17, 15) is 0 Å². The standard InChI is InChI=1S/C8H18N2/c1-4-9-8(5-6-8)7-10(2)3/h9H,4-7H2,1-3H3. The number of nitrogens with one attached hydrogen (secondary N) is 1. The van der Waals surface area contributed by atoms with Crippen LogP contribution in [0.2, 0.25) is 0 Å². The van der Waals surface area contributed by atoms with E-state index in [0.29, 0.717) is 5.54 Å². The zero-order chi connectivity index (χ0) is 7.61. The maximum Gasteiger partial charge on any atom is 0.0309 e. The predicted octanol–water partition coefficient (Wildman–Crippen LogP) is 0.690. The van der Waals surface area contributed by atoms with Crippen molar-refractivity contribution in [3.8, 4) is 0 Å². The Bertz CT molecular complexity index is 106. The quantitative estimate of drug-likeness (QED) is 0.621. The summed E-state index contributed by atoms with van der Waals surface area (Å²) in [7, 11) is 4.27. The molecule has 1 N–H and O–H groups in total. The topological polar surface area (TPSA) is 15.3 Å². The van der Waals surface area contributed by atoms with E-state index in [1.165, 1.54) is 19.4 Å². The molecule has 1 aliphatic carbocycles. The van der Waals surface area contributed by atoms with Crippen molar-refractivity contribution in [2.24, 2.45) is 0 Å². The lowest BCUT2D eigenvalue weighted by Gasteiger charge is -2.20. The summed E-state index contributed by atoms with van der Waals surface area (Å²) in [5, 5.41) is 3.52. The molecule has 0 aliphatic heterocycles. The van der Waals surface area contributed by atoms with E-state index in [4.69, 9.17) is 0 Å². The first kappa shape index (κ1) is 8.02. The Hall–Kier alpha value is -0.0800. The normalized spacial score (nSPS) is 21.6. The Morgan fingerprint density at radius 3 is 2.30 bits per heavy atom. The average molecular weight is 142 g/mol. The van der Waals surface area contributed by atoms with E-state index < -0.39 is 0 Å². The molecule has 1 saturated carbocycles. The summed E-state index contributed by atoms with van der Waals surface area (Å²) < 4.78 is 0. The zero-order valence-electron chi connectivity index (χ0n) is 7.28. The molecule has 2 heteroatoms. The van der Waals surface area contributed by atoms with Crippen LogP contribution < -0.4 is 5.32 Å². The SMILES string of the molecule is CCNC1(CN(C)C)CC1. The highest BCUT2D eigenvalue weighted by Crippen LogP contribution is 2.35. The molecule has 0 spiro atoms. The molecule has 0 unspecified atom stereocenters. The van der Waals surface area contributed by atoms with Gasteiger partial charge in [0, 0.05) is 12.1 Å². The van der Waals surface area contributed by atoms with Gasteiger partial charge < -0.3 is 10.2 Å². The molecule has 0 amide bonds. The van der Waals surface area contributed by atoms with E-state index in [1.54, 1.807) is 0 Å². The van der Waals surface area contributed by atoms with Gasteiger partial charge >= 0.3 is 0 Å².